The minimum atomic E-state index is -4.68. The number of sulfone groups is 1. The first-order chi connectivity index (χ1) is 11.0. The van der Waals surface area contributed by atoms with Crippen molar-refractivity contribution in [1.29, 1.82) is 0 Å². The van der Waals surface area contributed by atoms with Gasteiger partial charge in [0.1, 0.15) is 0 Å². The van der Waals surface area contributed by atoms with Crippen molar-refractivity contribution in [2.24, 2.45) is 0 Å². The summed E-state index contributed by atoms with van der Waals surface area (Å²) in [6.07, 6.45) is -2.98. The molecule has 2 aromatic rings. The Morgan fingerprint density at radius 3 is 2.46 bits per heavy atom. The summed E-state index contributed by atoms with van der Waals surface area (Å²) in [5.74, 6) is -1.09. The van der Waals surface area contributed by atoms with Crippen molar-refractivity contribution in [2.45, 2.75) is 11.3 Å². The molecule has 6 nitrogen and oxygen atoms in total. The highest BCUT2D eigenvalue weighted by atomic mass is 35.5. The molecule has 0 saturated heterocycles. The van der Waals surface area contributed by atoms with E-state index in [0.717, 1.165) is 30.7 Å². The number of carbonyl (C=O) groups is 1. The molecule has 0 aliphatic heterocycles. The number of para-hydroxylation sites is 1. The second kappa shape index (κ2) is 6.36. The second-order valence-electron chi connectivity index (χ2n) is 4.62. The fraction of sp³-hybridized carbons (Fsp3) is 0.154. The maximum atomic E-state index is 12.9. The average molecular weight is 380 g/mol. The predicted molar refractivity (Wildman–Crippen MR) is 79.5 cm³/mol. The Kier molecular flexibility index (Phi) is 4.81. The van der Waals surface area contributed by atoms with Gasteiger partial charge in [-0.15, -0.1) is 0 Å². The number of hydrogen-bond donors (Lipinski definition) is 1. The molecule has 0 spiro atoms. The highest BCUT2D eigenvalue weighted by Gasteiger charge is 2.34. The summed E-state index contributed by atoms with van der Waals surface area (Å²) in [5, 5.41) is 1.06. The number of halogens is 4. The molecule has 0 saturated carbocycles. The number of aromatic nitrogens is 2. The summed E-state index contributed by atoms with van der Waals surface area (Å²) in [6, 6.07) is 4.30. The van der Waals surface area contributed by atoms with Gasteiger partial charge in [0.2, 0.25) is 15.0 Å². The molecule has 1 amide bonds. The van der Waals surface area contributed by atoms with E-state index in [4.69, 9.17) is 11.6 Å². The number of hydrogen-bond acceptors (Lipinski definition) is 5. The molecule has 1 N–H and O–H groups in total. The maximum Gasteiger partial charge on any atom is 0.418 e. The molecular weight excluding hydrogens is 371 g/mol. The van der Waals surface area contributed by atoms with Crippen LogP contribution in [0.3, 0.4) is 0 Å². The zero-order valence-corrected chi connectivity index (χ0v) is 13.5. The van der Waals surface area contributed by atoms with Crippen molar-refractivity contribution < 1.29 is 26.4 Å². The van der Waals surface area contributed by atoms with E-state index in [-0.39, 0.29) is 5.02 Å². The van der Waals surface area contributed by atoms with Crippen LogP contribution in [0, 0.1) is 0 Å². The molecule has 24 heavy (non-hydrogen) atoms. The van der Waals surface area contributed by atoms with Gasteiger partial charge < -0.3 is 5.32 Å². The maximum absolute atomic E-state index is 12.9. The number of carbonyl (C=O) groups excluding carboxylic acids is 1. The van der Waals surface area contributed by atoms with Gasteiger partial charge in [-0.3, -0.25) is 4.79 Å². The fourth-order valence-electron chi connectivity index (χ4n) is 1.71. The lowest BCUT2D eigenvalue weighted by Gasteiger charge is -2.13. The lowest BCUT2D eigenvalue weighted by Crippen LogP contribution is -2.19. The quantitative estimate of drug-likeness (QED) is 0.828. The topological polar surface area (TPSA) is 89.0 Å². The van der Waals surface area contributed by atoms with Gasteiger partial charge in [-0.2, -0.15) is 13.2 Å². The van der Waals surface area contributed by atoms with Crippen molar-refractivity contribution in [3.8, 4) is 0 Å². The molecule has 1 aromatic heterocycles. The van der Waals surface area contributed by atoms with Gasteiger partial charge in [0.05, 0.1) is 22.5 Å². The lowest BCUT2D eigenvalue weighted by molar-refractivity contribution is -0.136. The SMILES string of the molecule is CS(=O)(=O)c1ncc(Cl)c(C(=O)Nc2ccccc2C(F)(F)F)n1. The molecule has 1 heterocycles. The summed E-state index contributed by atoms with van der Waals surface area (Å²) in [4.78, 5) is 19.1. The molecule has 11 heteroatoms. The number of anilines is 1. The van der Waals surface area contributed by atoms with E-state index in [9.17, 15) is 26.4 Å². The van der Waals surface area contributed by atoms with Crippen LogP contribution in [0.25, 0.3) is 0 Å². The fourth-order valence-corrected chi connectivity index (χ4v) is 2.39. The minimum Gasteiger partial charge on any atom is -0.320 e. The van der Waals surface area contributed by atoms with E-state index >= 15 is 0 Å². The summed E-state index contributed by atoms with van der Waals surface area (Å²) < 4.78 is 61.6. The van der Waals surface area contributed by atoms with Crippen LogP contribution < -0.4 is 5.32 Å². The molecule has 0 fully saturated rings. The normalized spacial score (nSPS) is 12.0. The highest BCUT2D eigenvalue weighted by molar-refractivity contribution is 7.90. The Hall–Kier alpha value is -2.20. The van der Waals surface area contributed by atoms with Crippen LogP contribution in [0.2, 0.25) is 5.02 Å². The second-order valence-corrected chi connectivity index (χ2v) is 6.94. The first-order valence-electron chi connectivity index (χ1n) is 6.20. The number of nitrogens with zero attached hydrogens (tertiary/aromatic N) is 2. The van der Waals surface area contributed by atoms with Crippen LogP contribution in [-0.2, 0) is 16.0 Å². The van der Waals surface area contributed by atoms with Crippen LogP contribution in [0.4, 0.5) is 18.9 Å². The van der Waals surface area contributed by atoms with Crippen LogP contribution in [0.15, 0.2) is 35.6 Å². The van der Waals surface area contributed by atoms with Gasteiger partial charge >= 0.3 is 6.18 Å². The molecule has 0 aliphatic rings. The lowest BCUT2D eigenvalue weighted by atomic mass is 10.1. The van der Waals surface area contributed by atoms with Gasteiger partial charge in [0, 0.05) is 6.26 Å². The third-order valence-electron chi connectivity index (χ3n) is 2.75. The molecule has 0 aliphatic carbocycles. The third kappa shape index (κ3) is 4.01. The van der Waals surface area contributed by atoms with E-state index in [1.165, 1.54) is 6.07 Å². The largest absolute Gasteiger partial charge is 0.418 e. The van der Waals surface area contributed by atoms with Gasteiger partial charge in [-0.25, -0.2) is 18.4 Å². The Morgan fingerprint density at radius 2 is 1.88 bits per heavy atom. The summed E-state index contributed by atoms with van der Waals surface area (Å²) in [7, 11) is -3.82. The first-order valence-corrected chi connectivity index (χ1v) is 8.47. The standard InChI is InChI=1S/C13H9ClF3N3O3S/c1-24(22,23)12-18-6-8(14)10(20-12)11(21)19-9-5-3-2-4-7(9)13(15,16)17/h2-6H,1H3,(H,19,21). The molecule has 1 aromatic carbocycles. The van der Waals surface area contributed by atoms with Crippen LogP contribution in [-0.4, -0.2) is 30.5 Å². The van der Waals surface area contributed by atoms with Crippen molar-refractivity contribution in [2.75, 3.05) is 11.6 Å². The van der Waals surface area contributed by atoms with Crippen molar-refractivity contribution in [3.05, 3.63) is 46.7 Å². The average Bonchev–Trinajstić information content (AvgIpc) is 2.45. The minimum absolute atomic E-state index is 0.301. The molecule has 0 bridgehead atoms. The summed E-state index contributed by atoms with van der Waals surface area (Å²) >= 11 is 5.73. The number of benzene rings is 1. The molecule has 0 radical (unpaired) electrons. The Balaban J connectivity index is 2.42. The van der Waals surface area contributed by atoms with Crippen molar-refractivity contribution >= 4 is 33.0 Å². The first kappa shape index (κ1) is 18.1. The third-order valence-corrected chi connectivity index (χ3v) is 3.89. The van der Waals surface area contributed by atoms with E-state index in [1.807, 2.05) is 5.32 Å². The molecular formula is C13H9ClF3N3O3S. The molecule has 2 rings (SSSR count). The van der Waals surface area contributed by atoms with Crippen LogP contribution >= 0.6 is 11.6 Å². The predicted octanol–water partition coefficient (Wildman–Crippen LogP) is 2.80. The highest BCUT2D eigenvalue weighted by Crippen LogP contribution is 2.34. The zero-order valence-electron chi connectivity index (χ0n) is 11.9. The van der Waals surface area contributed by atoms with Crippen molar-refractivity contribution in [3.63, 3.8) is 0 Å². The van der Waals surface area contributed by atoms with Gasteiger partial charge in [0.15, 0.2) is 5.69 Å². The Bertz CT molecular complexity index is 901. The molecule has 128 valence electrons. The van der Waals surface area contributed by atoms with E-state index < -0.39 is 44.0 Å². The van der Waals surface area contributed by atoms with Crippen molar-refractivity contribution in [1.82, 2.24) is 9.97 Å². The Labute approximate surface area is 139 Å². The van der Waals surface area contributed by atoms with Gasteiger partial charge in [0.25, 0.3) is 5.91 Å². The van der Waals surface area contributed by atoms with E-state index in [2.05, 4.69) is 9.97 Å². The van der Waals surface area contributed by atoms with E-state index in [0.29, 0.717) is 0 Å². The smallest absolute Gasteiger partial charge is 0.320 e. The Morgan fingerprint density at radius 1 is 1.25 bits per heavy atom. The van der Waals surface area contributed by atoms with Crippen LogP contribution in [0.5, 0.6) is 0 Å². The van der Waals surface area contributed by atoms with Gasteiger partial charge in [-0.05, 0) is 12.1 Å². The number of amides is 1. The van der Waals surface area contributed by atoms with E-state index in [1.54, 1.807) is 0 Å². The number of rotatable bonds is 3. The van der Waals surface area contributed by atoms with Gasteiger partial charge in [-0.1, -0.05) is 23.7 Å². The summed E-state index contributed by atoms with van der Waals surface area (Å²) in [6.45, 7) is 0. The molecule has 0 atom stereocenters. The molecule has 0 unspecified atom stereocenters. The number of alkyl halides is 3. The monoisotopic (exact) mass is 379 g/mol. The summed E-state index contributed by atoms with van der Waals surface area (Å²) in [5.41, 5.74) is -2.12. The van der Waals surface area contributed by atoms with Crippen LogP contribution in [0.1, 0.15) is 16.1 Å². The zero-order chi connectivity index (χ0) is 18.1. The number of nitrogens with one attached hydrogen (secondary N) is 1.